The Hall–Kier alpha value is -2.41. The zero-order valence-corrected chi connectivity index (χ0v) is 20.5. The van der Waals surface area contributed by atoms with Crippen LogP contribution >= 0.6 is 0 Å². The van der Waals surface area contributed by atoms with E-state index in [1.807, 2.05) is 39.8 Å². The quantitative estimate of drug-likeness (QED) is 0.385. The number of rotatable bonds is 4. The Morgan fingerprint density at radius 2 is 1.91 bits per heavy atom. The predicted octanol–water partition coefficient (Wildman–Crippen LogP) is 3.95. The molecule has 0 fully saturated rings. The fourth-order valence-electron chi connectivity index (χ4n) is 5.65. The average molecular weight is 461 g/mol. The highest BCUT2D eigenvalue weighted by molar-refractivity contribution is 5.92. The summed E-state index contributed by atoms with van der Waals surface area (Å²) in [7, 11) is 0. The maximum atomic E-state index is 12.6. The highest BCUT2D eigenvalue weighted by atomic mass is 16.6. The molecule has 6 unspecified atom stereocenters. The zero-order valence-electron chi connectivity index (χ0n) is 20.5. The molecule has 6 atom stereocenters. The van der Waals surface area contributed by atoms with Crippen molar-refractivity contribution in [3.8, 4) is 0 Å². The first-order chi connectivity index (χ1) is 15.5. The summed E-state index contributed by atoms with van der Waals surface area (Å²) in [5.41, 5.74) is 1.88. The smallest absolute Gasteiger partial charge is 0.334 e. The molecular weight excluding hydrogens is 424 g/mol. The molecule has 1 heterocycles. The highest BCUT2D eigenvalue weighted by Crippen LogP contribution is 2.52. The van der Waals surface area contributed by atoms with E-state index in [9.17, 15) is 19.5 Å². The summed E-state index contributed by atoms with van der Waals surface area (Å²) in [6.45, 7) is 10.7. The van der Waals surface area contributed by atoms with E-state index in [0.29, 0.717) is 36.8 Å². The van der Waals surface area contributed by atoms with Crippen LogP contribution in [-0.4, -0.2) is 47.4 Å². The molecule has 0 saturated heterocycles. The van der Waals surface area contributed by atoms with E-state index in [4.69, 9.17) is 14.2 Å². The second-order valence-corrected chi connectivity index (χ2v) is 9.76. The number of allylic oxidation sites excluding steroid dienone is 1. The van der Waals surface area contributed by atoms with Gasteiger partial charge in [0.1, 0.15) is 18.3 Å². The highest BCUT2D eigenvalue weighted by Gasteiger charge is 2.57. The largest absolute Gasteiger partial charge is 0.462 e. The van der Waals surface area contributed by atoms with Crippen LogP contribution < -0.4 is 0 Å². The van der Waals surface area contributed by atoms with Gasteiger partial charge >= 0.3 is 17.9 Å². The minimum atomic E-state index is -1.07. The van der Waals surface area contributed by atoms with Crippen molar-refractivity contribution in [2.45, 2.75) is 98.1 Å². The lowest BCUT2D eigenvalue weighted by Crippen LogP contribution is -2.57. The van der Waals surface area contributed by atoms with Crippen LogP contribution in [0.25, 0.3) is 0 Å². The first kappa shape index (κ1) is 25.2. The van der Waals surface area contributed by atoms with Gasteiger partial charge in [0, 0.05) is 36.8 Å². The van der Waals surface area contributed by atoms with Gasteiger partial charge in [0.15, 0.2) is 0 Å². The van der Waals surface area contributed by atoms with Gasteiger partial charge in [0.25, 0.3) is 0 Å². The van der Waals surface area contributed by atoms with Crippen molar-refractivity contribution in [1.82, 2.24) is 0 Å². The van der Waals surface area contributed by atoms with Gasteiger partial charge in [-0.15, -0.1) is 0 Å². The molecule has 2 aliphatic carbocycles. The molecule has 0 aromatic rings. The first-order valence-corrected chi connectivity index (χ1v) is 11.8. The van der Waals surface area contributed by atoms with Crippen LogP contribution in [-0.2, 0) is 28.6 Å². The number of fused-ring (bicyclic) bond motifs is 2. The van der Waals surface area contributed by atoms with Crippen molar-refractivity contribution in [3.05, 3.63) is 34.4 Å². The van der Waals surface area contributed by atoms with Crippen molar-refractivity contribution in [2.75, 3.05) is 0 Å². The van der Waals surface area contributed by atoms with Gasteiger partial charge in [0.05, 0.1) is 11.5 Å². The molecule has 3 aliphatic rings. The van der Waals surface area contributed by atoms with E-state index in [2.05, 4.69) is 0 Å². The Morgan fingerprint density at radius 1 is 1.21 bits per heavy atom. The molecule has 33 heavy (non-hydrogen) atoms. The molecule has 0 amide bonds. The second kappa shape index (κ2) is 9.84. The van der Waals surface area contributed by atoms with Gasteiger partial charge in [-0.2, -0.15) is 0 Å². The van der Waals surface area contributed by atoms with Crippen molar-refractivity contribution in [1.29, 1.82) is 0 Å². The van der Waals surface area contributed by atoms with E-state index in [-0.39, 0.29) is 12.4 Å². The van der Waals surface area contributed by atoms with E-state index in [1.54, 1.807) is 6.92 Å². The van der Waals surface area contributed by atoms with E-state index in [0.717, 1.165) is 11.1 Å². The maximum Gasteiger partial charge on any atom is 0.334 e. The normalized spacial score (nSPS) is 34.4. The van der Waals surface area contributed by atoms with Crippen molar-refractivity contribution >= 4 is 17.9 Å². The van der Waals surface area contributed by atoms with Crippen LogP contribution in [0, 0.1) is 11.3 Å². The molecule has 0 spiro atoms. The van der Waals surface area contributed by atoms with Crippen LogP contribution in [0.3, 0.4) is 0 Å². The average Bonchev–Trinajstić information content (AvgIpc) is 2.99. The molecule has 0 bridgehead atoms. The summed E-state index contributed by atoms with van der Waals surface area (Å²) in [6, 6.07) is 0. The third kappa shape index (κ3) is 4.79. The van der Waals surface area contributed by atoms with Gasteiger partial charge in [-0.3, -0.25) is 9.59 Å². The van der Waals surface area contributed by atoms with Crippen LogP contribution in [0.5, 0.6) is 0 Å². The van der Waals surface area contributed by atoms with Crippen LogP contribution in [0.4, 0.5) is 0 Å². The molecule has 1 N–H and O–H groups in total. The number of aliphatic hydroxyl groups excluding tert-OH is 1. The zero-order chi connectivity index (χ0) is 24.5. The minimum Gasteiger partial charge on any atom is -0.462 e. The maximum absolute atomic E-state index is 12.6. The molecule has 3 rings (SSSR count). The number of aliphatic hydroxyl groups is 1. The van der Waals surface area contributed by atoms with Crippen molar-refractivity contribution in [3.63, 3.8) is 0 Å². The number of hydrogen-bond donors (Lipinski definition) is 1. The number of ether oxygens (including phenoxy) is 3. The number of carbonyl (C=O) groups is 3. The Balaban J connectivity index is 2.20. The lowest BCUT2D eigenvalue weighted by atomic mass is 9.58. The van der Waals surface area contributed by atoms with Gasteiger partial charge in [0.2, 0.25) is 0 Å². The molecule has 0 radical (unpaired) electrons. The standard InChI is InChI=1S/C26H36O7/c1-7-8-21(28)33-20-11-9-14(2)13-18-22(16(4)25(30)32-18)24(29)23-15(3)10-12-19(26(20,23)6)31-17(5)27/h10,13,18-20,23-24,29H,7-9,11-12H2,1-6H3. The summed E-state index contributed by atoms with van der Waals surface area (Å²) in [6.07, 6.45) is 3.44. The fourth-order valence-corrected chi connectivity index (χ4v) is 5.65. The summed E-state index contributed by atoms with van der Waals surface area (Å²) in [4.78, 5) is 37.1. The van der Waals surface area contributed by atoms with Gasteiger partial charge in [-0.25, -0.2) is 4.79 Å². The fraction of sp³-hybridized carbons (Fsp3) is 0.654. The third-order valence-electron chi connectivity index (χ3n) is 7.39. The molecule has 7 heteroatoms. The molecule has 1 aliphatic heterocycles. The Morgan fingerprint density at radius 3 is 2.55 bits per heavy atom. The summed E-state index contributed by atoms with van der Waals surface area (Å²) in [5.74, 6) is -1.72. The van der Waals surface area contributed by atoms with Gasteiger partial charge in [-0.05, 0) is 46.1 Å². The van der Waals surface area contributed by atoms with Crippen LogP contribution in [0.15, 0.2) is 34.4 Å². The topological polar surface area (TPSA) is 99.1 Å². The van der Waals surface area contributed by atoms with Crippen LogP contribution in [0.2, 0.25) is 0 Å². The summed E-state index contributed by atoms with van der Waals surface area (Å²) < 4.78 is 17.4. The lowest BCUT2D eigenvalue weighted by Gasteiger charge is -2.52. The van der Waals surface area contributed by atoms with Crippen LogP contribution in [0.1, 0.15) is 73.6 Å². The summed E-state index contributed by atoms with van der Waals surface area (Å²) in [5, 5.41) is 11.8. The Kier molecular flexibility index (Phi) is 7.52. The van der Waals surface area contributed by atoms with E-state index in [1.165, 1.54) is 6.92 Å². The first-order valence-electron chi connectivity index (χ1n) is 11.8. The Bertz CT molecular complexity index is 912. The monoisotopic (exact) mass is 460 g/mol. The molecular formula is C26H36O7. The van der Waals surface area contributed by atoms with Gasteiger partial charge in [-0.1, -0.05) is 31.1 Å². The molecule has 0 saturated carbocycles. The molecule has 182 valence electrons. The molecule has 0 aromatic heterocycles. The molecule has 7 nitrogen and oxygen atoms in total. The second-order valence-electron chi connectivity index (χ2n) is 9.76. The van der Waals surface area contributed by atoms with Gasteiger partial charge < -0.3 is 19.3 Å². The molecule has 0 aromatic carbocycles. The van der Waals surface area contributed by atoms with E-state index >= 15 is 0 Å². The number of carbonyl (C=O) groups excluding carboxylic acids is 3. The predicted molar refractivity (Wildman–Crippen MR) is 122 cm³/mol. The van der Waals surface area contributed by atoms with E-state index < -0.39 is 47.7 Å². The number of esters is 3. The third-order valence-corrected chi connectivity index (χ3v) is 7.39. The van der Waals surface area contributed by atoms with Crippen molar-refractivity contribution in [2.24, 2.45) is 11.3 Å². The Labute approximate surface area is 195 Å². The minimum absolute atomic E-state index is 0.288. The SMILES string of the molecule is CCCC(=O)OC1CCC(C)=CC2OC(=O)C(C)=C2C(O)C2C(C)=CCC(OC(C)=O)C12C. The lowest BCUT2D eigenvalue weighted by molar-refractivity contribution is -0.185. The van der Waals surface area contributed by atoms with Crippen molar-refractivity contribution < 1.29 is 33.7 Å². The summed E-state index contributed by atoms with van der Waals surface area (Å²) >= 11 is 0. The number of hydrogen-bond acceptors (Lipinski definition) is 7.